The number of rotatable bonds is 4. The fraction of sp³-hybridized carbons (Fsp3) is 0.462. The summed E-state index contributed by atoms with van der Waals surface area (Å²) in [5.74, 6) is 0.374. The Morgan fingerprint density at radius 3 is 2.44 bits per heavy atom. The van der Waals surface area contributed by atoms with Crippen LogP contribution < -0.4 is 4.74 Å². The quantitative estimate of drug-likeness (QED) is 0.850. The van der Waals surface area contributed by atoms with Crippen molar-refractivity contribution in [2.45, 2.75) is 33.3 Å². The molecule has 0 saturated heterocycles. The molecule has 3 heteroatoms. The van der Waals surface area contributed by atoms with Crippen molar-refractivity contribution in [1.82, 2.24) is 0 Å². The van der Waals surface area contributed by atoms with Crippen LogP contribution >= 0.6 is 0 Å². The van der Waals surface area contributed by atoms with Crippen molar-refractivity contribution in [3.05, 3.63) is 28.8 Å². The van der Waals surface area contributed by atoms with Gasteiger partial charge in [0.25, 0.3) is 0 Å². The zero-order valence-corrected chi connectivity index (χ0v) is 10.2. The van der Waals surface area contributed by atoms with Gasteiger partial charge >= 0.3 is 0 Å². The number of ketones is 1. The Balaban J connectivity index is 3.21. The monoisotopic (exact) mass is 222 g/mol. The number of aryl methyl sites for hydroxylation is 2. The summed E-state index contributed by atoms with van der Waals surface area (Å²) in [4.78, 5) is 11.5. The number of methoxy groups -OCH3 is 1. The van der Waals surface area contributed by atoms with Crippen LogP contribution in [0.25, 0.3) is 0 Å². The zero-order chi connectivity index (χ0) is 12.3. The fourth-order valence-corrected chi connectivity index (χ4v) is 1.57. The maximum absolute atomic E-state index is 11.5. The van der Waals surface area contributed by atoms with Crippen LogP contribution in [0.15, 0.2) is 12.1 Å². The van der Waals surface area contributed by atoms with E-state index < -0.39 is 6.10 Å². The molecular weight excluding hydrogens is 204 g/mol. The fourth-order valence-electron chi connectivity index (χ4n) is 1.57. The normalized spacial score (nSPS) is 12.3. The SMILES string of the molecule is CCC(=O)C(O)c1cc(C)c(C)cc1OC. The van der Waals surface area contributed by atoms with E-state index in [1.807, 2.05) is 26.0 Å². The summed E-state index contributed by atoms with van der Waals surface area (Å²) in [6.45, 7) is 5.65. The second-order valence-corrected chi connectivity index (χ2v) is 3.90. The average Bonchev–Trinajstić information content (AvgIpc) is 2.30. The first-order chi connectivity index (χ1) is 7.51. The van der Waals surface area contributed by atoms with Gasteiger partial charge in [0.15, 0.2) is 5.78 Å². The molecule has 88 valence electrons. The van der Waals surface area contributed by atoms with Gasteiger partial charge in [-0.1, -0.05) is 6.92 Å². The van der Waals surface area contributed by atoms with Gasteiger partial charge in [0.05, 0.1) is 7.11 Å². The van der Waals surface area contributed by atoms with Crippen LogP contribution in [0.4, 0.5) is 0 Å². The van der Waals surface area contributed by atoms with Crippen LogP contribution in [0.1, 0.15) is 36.1 Å². The van der Waals surface area contributed by atoms with E-state index in [0.717, 1.165) is 11.1 Å². The lowest BCUT2D eigenvalue weighted by atomic mass is 9.98. The standard InChI is InChI=1S/C13H18O3/c1-5-11(14)13(15)10-6-8(2)9(3)7-12(10)16-4/h6-7,13,15H,5H2,1-4H3. The minimum Gasteiger partial charge on any atom is -0.496 e. The molecule has 1 rings (SSSR count). The lowest BCUT2D eigenvalue weighted by molar-refractivity contribution is -0.127. The summed E-state index contributed by atoms with van der Waals surface area (Å²) < 4.78 is 5.18. The molecule has 1 aromatic carbocycles. The largest absolute Gasteiger partial charge is 0.496 e. The van der Waals surface area contributed by atoms with Gasteiger partial charge in [-0.2, -0.15) is 0 Å². The van der Waals surface area contributed by atoms with E-state index in [2.05, 4.69) is 0 Å². The molecule has 1 atom stereocenters. The van der Waals surface area contributed by atoms with E-state index in [0.29, 0.717) is 17.7 Å². The number of aliphatic hydroxyl groups is 1. The Morgan fingerprint density at radius 1 is 1.38 bits per heavy atom. The van der Waals surface area contributed by atoms with Gasteiger partial charge in [0.1, 0.15) is 11.9 Å². The van der Waals surface area contributed by atoms with E-state index in [1.54, 1.807) is 6.92 Å². The summed E-state index contributed by atoms with van der Waals surface area (Å²) >= 11 is 0. The van der Waals surface area contributed by atoms with Crippen LogP contribution in [0.2, 0.25) is 0 Å². The molecule has 0 saturated carbocycles. The Labute approximate surface area is 96.1 Å². The first-order valence-corrected chi connectivity index (χ1v) is 5.37. The molecule has 0 heterocycles. The third-order valence-corrected chi connectivity index (χ3v) is 2.79. The van der Waals surface area contributed by atoms with E-state index in [4.69, 9.17) is 4.74 Å². The maximum atomic E-state index is 11.5. The number of ether oxygens (including phenoxy) is 1. The molecule has 1 unspecified atom stereocenters. The van der Waals surface area contributed by atoms with Gasteiger partial charge in [-0.25, -0.2) is 0 Å². The van der Waals surface area contributed by atoms with Gasteiger partial charge in [0.2, 0.25) is 0 Å². The summed E-state index contributed by atoms with van der Waals surface area (Å²) in [7, 11) is 1.54. The van der Waals surface area contributed by atoms with Crippen molar-refractivity contribution in [3.63, 3.8) is 0 Å². The molecule has 0 aromatic heterocycles. The maximum Gasteiger partial charge on any atom is 0.165 e. The van der Waals surface area contributed by atoms with Crippen molar-refractivity contribution in [1.29, 1.82) is 0 Å². The second kappa shape index (κ2) is 5.12. The number of carbonyl (C=O) groups is 1. The predicted octanol–water partition coefficient (Wildman–Crippen LogP) is 2.32. The molecule has 0 spiro atoms. The molecule has 0 amide bonds. The topological polar surface area (TPSA) is 46.5 Å². The average molecular weight is 222 g/mol. The minimum atomic E-state index is -1.08. The van der Waals surface area contributed by atoms with Crippen molar-refractivity contribution in [3.8, 4) is 5.75 Å². The van der Waals surface area contributed by atoms with Gasteiger partial charge in [0, 0.05) is 12.0 Å². The van der Waals surface area contributed by atoms with Crippen molar-refractivity contribution in [2.75, 3.05) is 7.11 Å². The molecule has 3 nitrogen and oxygen atoms in total. The number of hydrogen-bond donors (Lipinski definition) is 1. The van der Waals surface area contributed by atoms with Crippen LogP contribution in [0, 0.1) is 13.8 Å². The lowest BCUT2D eigenvalue weighted by Crippen LogP contribution is -2.12. The summed E-state index contributed by atoms with van der Waals surface area (Å²) in [5, 5.41) is 9.89. The molecule has 16 heavy (non-hydrogen) atoms. The number of hydrogen-bond acceptors (Lipinski definition) is 3. The second-order valence-electron chi connectivity index (χ2n) is 3.90. The molecule has 0 fully saturated rings. The Kier molecular flexibility index (Phi) is 4.07. The smallest absolute Gasteiger partial charge is 0.165 e. The predicted molar refractivity (Wildman–Crippen MR) is 62.7 cm³/mol. The van der Waals surface area contributed by atoms with Crippen molar-refractivity contribution in [2.24, 2.45) is 0 Å². The Morgan fingerprint density at radius 2 is 1.94 bits per heavy atom. The molecule has 0 bridgehead atoms. The minimum absolute atomic E-state index is 0.193. The van der Waals surface area contributed by atoms with Gasteiger partial charge in [-0.3, -0.25) is 4.79 Å². The van der Waals surface area contributed by atoms with Crippen molar-refractivity contribution < 1.29 is 14.6 Å². The molecule has 0 aliphatic heterocycles. The van der Waals surface area contributed by atoms with E-state index >= 15 is 0 Å². The summed E-state index contributed by atoms with van der Waals surface area (Å²) in [6.07, 6.45) is -0.767. The molecule has 1 N–H and O–H groups in total. The van der Waals surface area contributed by atoms with Crippen molar-refractivity contribution >= 4 is 5.78 Å². The number of carbonyl (C=O) groups excluding carboxylic acids is 1. The van der Waals surface area contributed by atoms with Gasteiger partial charge in [-0.05, 0) is 37.1 Å². The molecular formula is C13H18O3. The third kappa shape index (κ3) is 2.42. The highest BCUT2D eigenvalue weighted by Crippen LogP contribution is 2.29. The highest BCUT2D eigenvalue weighted by molar-refractivity contribution is 5.84. The van der Waals surface area contributed by atoms with Gasteiger partial charge in [-0.15, -0.1) is 0 Å². The van der Waals surface area contributed by atoms with Crippen LogP contribution in [0.5, 0.6) is 5.75 Å². The zero-order valence-electron chi connectivity index (χ0n) is 10.2. The van der Waals surface area contributed by atoms with Crippen LogP contribution in [-0.4, -0.2) is 18.0 Å². The molecule has 1 aromatic rings. The van der Waals surface area contributed by atoms with E-state index in [9.17, 15) is 9.90 Å². The van der Waals surface area contributed by atoms with Crippen LogP contribution in [0.3, 0.4) is 0 Å². The summed E-state index contributed by atoms with van der Waals surface area (Å²) in [5.41, 5.74) is 2.67. The number of Topliss-reactive ketones (excluding diaryl/α,β-unsaturated/α-hetero) is 1. The Bertz CT molecular complexity index is 396. The summed E-state index contributed by atoms with van der Waals surface area (Å²) in [6, 6.07) is 3.66. The highest BCUT2D eigenvalue weighted by Gasteiger charge is 2.20. The Hall–Kier alpha value is -1.35. The lowest BCUT2D eigenvalue weighted by Gasteiger charge is -2.15. The third-order valence-electron chi connectivity index (χ3n) is 2.79. The first kappa shape index (κ1) is 12.7. The first-order valence-electron chi connectivity index (χ1n) is 5.37. The van der Waals surface area contributed by atoms with E-state index in [1.165, 1.54) is 7.11 Å². The molecule has 0 aliphatic carbocycles. The number of benzene rings is 1. The number of aliphatic hydroxyl groups excluding tert-OH is 1. The highest BCUT2D eigenvalue weighted by atomic mass is 16.5. The van der Waals surface area contributed by atoms with Gasteiger partial charge < -0.3 is 9.84 Å². The van der Waals surface area contributed by atoms with Crippen LogP contribution in [-0.2, 0) is 4.79 Å². The molecule has 0 aliphatic rings. The van der Waals surface area contributed by atoms with E-state index in [-0.39, 0.29) is 5.78 Å². The molecule has 0 radical (unpaired) electrons.